The molecule has 1 nitrogen and oxygen atoms in total. The summed E-state index contributed by atoms with van der Waals surface area (Å²) in [7, 11) is 0. The maximum absolute atomic E-state index is 13.9. The van der Waals surface area contributed by atoms with E-state index in [2.05, 4.69) is 15.9 Å². The monoisotopic (exact) mass is 329 g/mol. The third-order valence-corrected chi connectivity index (χ3v) is 3.92. The van der Waals surface area contributed by atoms with Crippen molar-refractivity contribution in [3.63, 3.8) is 0 Å². The van der Waals surface area contributed by atoms with E-state index in [1.54, 1.807) is 12.1 Å². The highest BCUT2D eigenvalue weighted by molar-refractivity contribution is 9.10. The first-order valence-electron chi connectivity index (χ1n) is 6.34. The molecule has 20 heavy (non-hydrogen) atoms. The largest absolute Gasteiger partial charge is 0.320 e. The second kappa shape index (κ2) is 5.35. The van der Waals surface area contributed by atoms with E-state index in [1.807, 2.05) is 42.5 Å². The van der Waals surface area contributed by atoms with Crippen molar-refractivity contribution in [3.8, 4) is 0 Å². The Kier molecular flexibility index (Phi) is 3.55. The molecule has 3 rings (SSSR count). The van der Waals surface area contributed by atoms with Crippen molar-refractivity contribution >= 4 is 26.7 Å². The number of fused-ring (bicyclic) bond motifs is 1. The first-order chi connectivity index (χ1) is 9.65. The molecule has 3 aromatic rings. The number of rotatable bonds is 2. The molecule has 0 aliphatic heterocycles. The fourth-order valence-electron chi connectivity index (χ4n) is 2.33. The van der Waals surface area contributed by atoms with Gasteiger partial charge in [0.05, 0.1) is 6.04 Å². The lowest BCUT2D eigenvalue weighted by Gasteiger charge is -2.14. The van der Waals surface area contributed by atoms with Crippen LogP contribution in [0.15, 0.2) is 65.1 Å². The second-order valence-electron chi connectivity index (χ2n) is 4.75. The molecule has 0 saturated heterocycles. The predicted molar refractivity (Wildman–Crippen MR) is 84.1 cm³/mol. The van der Waals surface area contributed by atoms with Crippen LogP contribution in [0.25, 0.3) is 10.8 Å². The van der Waals surface area contributed by atoms with Gasteiger partial charge in [-0.15, -0.1) is 0 Å². The summed E-state index contributed by atoms with van der Waals surface area (Å²) in [6, 6.07) is 18.4. The SMILES string of the molecule is NC(c1ccc2ccccc2c1)c1cc(Br)ccc1F. The maximum Gasteiger partial charge on any atom is 0.128 e. The first-order valence-corrected chi connectivity index (χ1v) is 7.14. The molecule has 0 fully saturated rings. The first kappa shape index (κ1) is 13.3. The van der Waals surface area contributed by atoms with Gasteiger partial charge in [0, 0.05) is 10.0 Å². The summed E-state index contributed by atoms with van der Waals surface area (Å²) in [6.45, 7) is 0. The van der Waals surface area contributed by atoms with E-state index in [4.69, 9.17) is 5.73 Å². The Morgan fingerprint density at radius 1 is 0.900 bits per heavy atom. The molecule has 0 bridgehead atoms. The van der Waals surface area contributed by atoms with E-state index in [0.717, 1.165) is 20.8 Å². The highest BCUT2D eigenvalue weighted by Gasteiger charge is 2.14. The van der Waals surface area contributed by atoms with Crippen LogP contribution in [0.4, 0.5) is 4.39 Å². The number of hydrogen-bond acceptors (Lipinski definition) is 1. The predicted octanol–water partition coefficient (Wildman–Crippen LogP) is 4.79. The van der Waals surface area contributed by atoms with Gasteiger partial charge in [0.2, 0.25) is 0 Å². The van der Waals surface area contributed by atoms with Crippen molar-refractivity contribution in [2.75, 3.05) is 0 Å². The minimum Gasteiger partial charge on any atom is -0.320 e. The normalized spacial score (nSPS) is 12.6. The molecule has 0 aromatic heterocycles. The molecule has 1 unspecified atom stereocenters. The van der Waals surface area contributed by atoms with E-state index in [1.165, 1.54) is 6.07 Å². The highest BCUT2D eigenvalue weighted by Crippen LogP contribution is 2.27. The lowest BCUT2D eigenvalue weighted by atomic mass is 9.97. The van der Waals surface area contributed by atoms with E-state index < -0.39 is 6.04 Å². The van der Waals surface area contributed by atoms with E-state index in [-0.39, 0.29) is 5.82 Å². The van der Waals surface area contributed by atoms with Crippen LogP contribution in [-0.2, 0) is 0 Å². The minimum absolute atomic E-state index is 0.283. The number of benzene rings is 3. The summed E-state index contributed by atoms with van der Waals surface area (Å²) < 4.78 is 14.7. The van der Waals surface area contributed by atoms with Crippen molar-refractivity contribution in [3.05, 3.63) is 82.1 Å². The van der Waals surface area contributed by atoms with Gasteiger partial charge in [-0.1, -0.05) is 52.3 Å². The number of hydrogen-bond donors (Lipinski definition) is 1. The Bertz CT molecular complexity index is 770. The van der Waals surface area contributed by atoms with Gasteiger partial charge < -0.3 is 5.73 Å². The Hall–Kier alpha value is -1.71. The molecule has 0 heterocycles. The number of halogens is 2. The van der Waals surface area contributed by atoms with Crippen molar-refractivity contribution in [1.82, 2.24) is 0 Å². The molecule has 2 N–H and O–H groups in total. The molecule has 1 atom stereocenters. The molecular formula is C17H13BrFN. The van der Waals surface area contributed by atoms with Crippen molar-refractivity contribution in [2.45, 2.75) is 6.04 Å². The third-order valence-electron chi connectivity index (χ3n) is 3.43. The van der Waals surface area contributed by atoms with Crippen LogP contribution in [0.3, 0.4) is 0 Å². The number of nitrogens with two attached hydrogens (primary N) is 1. The second-order valence-corrected chi connectivity index (χ2v) is 5.67. The van der Waals surface area contributed by atoms with Crippen LogP contribution in [-0.4, -0.2) is 0 Å². The molecule has 0 spiro atoms. The molecule has 3 heteroatoms. The quantitative estimate of drug-likeness (QED) is 0.718. The van der Waals surface area contributed by atoms with Gasteiger partial charge in [0.15, 0.2) is 0 Å². The van der Waals surface area contributed by atoms with Gasteiger partial charge in [0.25, 0.3) is 0 Å². The molecule has 0 aliphatic carbocycles. The molecule has 0 saturated carbocycles. The van der Waals surface area contributed by atoms with Crippen LogP contribution in [0.2, 0.25) is 0 Å². The zero-order valence-corrected chi connectivity index (χ0v) is 12.3. The van der Waals surface area contributed by atoms with E-state index in [0.29, 0.717) is 5.56 Å². The van der Waals surface area contributed by atoms with Crippen molar-refractivity contribution in [2.24, 2.45) is 5.73 Å². The summed E-state index contributed by atoms with van der Waals surface area (Å²) >= 11 is 3.35. The Morgan fingerprint density at radius 3 is 2.45 bits per heavy atom. The minimum atomic E-state index is -0.475. The maximum atomic E-state index is 13.9. The van der Waals surface area contributed by atoms with Crippen LogP contribution in [0.5, 0.6) is 0 Å². The molecule has 3 aromatic carbocycles. The van der Waals surface area contributed by atoms with Crippen molar-refractivity contribution in [1.29, 1.82) is 0 Å². The third kappa shape index (κ3) is 2.47. The van der Waals surface area contributed by atoms with Gasteiger partial charge in [-0.2, -0.15) is 0 Å². The summed E-state index contributed by atoms with van der Waals surface area (Å²) in [5.41, 5.74) is 7.61. The summed E-state index contributed by atoms with van der Waals surface area (Å²) in [5, 5.41) is 2.26. The Labute approximate surface area is 125 Å². The summed E-state index contributed by atoms with van der Waals surface area (Å²) in [4.78, 5) is 0. The van der Waals surface area contributed by atoms with Gasteiger partial charge in [0.1, 0.15) is 5.82 Å². The highest BCUT2D eigenvalue weighted by atomic mass is 79.9. The Morgan fingerprint density at radius 2 is 1.65 bits per heavy atom. The molecule has 0 amide bonds. The fraction of sp³-hybridized carbons (Fsp3) is 0.0588. The van der Waals surface area contributed by atoms with Crippen LogP contribution in [0, 0.1) is 5.82 Å². The zero-order valence-electron chi connectivity index (χ0n) is 10.7. The van der Waals surface area contributed by atoms with Crippen LogP contribution >= 0.6 is 15.9 Å². The van der Waals surface area contributed by atoms with Gasteiger partial charge >= 0.3 is 0 Å². The summed E-state index contributed by atoms with van der Waals surface area (Å²) in [5.74, 6) is -0.283. The van der Waals surface area contributed by atoms with Crippen LogP contribution in [0.1, 0.15) is 17.2 Å². The van der Waals surface area contributed by atoms with Gasteiger partial charge in [-0.25, -0.2) is 4.39 Å². The smallest absolute Gasteiger partial charge is 0.128 e. The van der Waals surface area contributed by atoms with Crippen molar-refractivity contribution < 1.29 is 4.39 Å². The lowest BCUT2D eigenvalue weighted by Crippen LogP contribution is -2.13. The van der Waals surface area contributed by atoms with E-state index >= 15 is 0 Å². The topological polar surface area (TPSA) is 26.0 Å². The van der Waals surface area contributed by atoms with Gasteiger partial charge in [-0.05, 0) is 40.6 Å². The molecule has 100 valence electrons. The average Bonchev–Trinajstić information content (AvgIpc) is 2.48. The van der Waals surface area contributed by atoms with Crippen LogP contribution < -0.4 is 5.73 Å². The van der Waals surface area contributed by atoms with Gasteiger partial charge in [-0.3, -0.25) is 0 Å². The molecular weight excluding hydrogens is 317 g/mol. The van der Waals surface area contributed by atoms with E-state index in [9.17, 15) is 4.39 Å². The average molecular weight is 330 g/mol. The fourth-order valence-corrected chi connectivity index (χ4v) is 2.71. The molecule has 0 radical (unpaired) electrons. The standard InChI is InChI=1S/C17H13BrFN/c18-14-7-8-16(19)15(10-14)17(20)13-6-5-11-3-1-2-4-12(11)9-13/h1-10,17H,20H2. The molecule has 0 aliphatic rings. The Balaban J connectivity index is 2.07. The summed E-state index contributed by atoms with van der Waals surface area (Å²) in [6.07, 6.45) is 0. The lowest BCUT2D eigenvalue weighted by molar-refractivity contribution is 0.599. The zero-order chi connectivity index (χ0) is 14.1.